The third-order valence-electron chi connectivity index (χ3n) is 2.92. The average Bonchev–Trinajstić information content (AvgIpc) is 2.81. The molecule has 1 aliphatic heterocycles. The highest BCUT2D eigenvalue weighted by Gasteiger charge is 2.23. The molecule has 0 aliphatic carbocycles. The lowest BCUT2D eigenvalue weighted by Crippen LogP contribution is -2.19. The summed E-state index contributed by atoms with van der Waals surface area (Å²) in [7, 11) is 0. The second kappa shape index (κ2) is 5.85. The Morgan fingerprint density at radius 2 is 2.13 bits per heavy atom. The zero-order valence-electron chi connectivity index (χ0n) is 8.86. The summed E-state index contributed by atoms with van der Waals surface area (Å²) in [5.74, 6) is 0. The number of halogens is 1. The average molecular weight is 316 g/mol. The highest BCUT2D eigenvalue weighted by molar-refractivity contribution is 14.1. The molecule has 0 saturated carbocycles. The molecule has 2 rings (SSSR count). The van der Waals surface area contributed by atoms with Gasteiger partial charge >= 0.3 is 0 Å². The Kier molecular flexibility index (Phi) is 4.44. The maximum Gasteiger partial charge on any atom is 0.0693 e. The highest BCUT2D eigenvalue weighted by atomic mass is 127. The fourth-order valence-electron chi connectivity index (χ4n) is 2.02. The van der Waals surface area contributed by atoms with Gasteiger partial charge in [-0.05, 0) is 31.2 Å². The Labute approximate surface area is 105 Å². The minimum absolute atomic E-state index is 0.509. The van der Waals surface area contributed by atoms with Gasteiger partial charge in [0.05, 0.1) is 6.10 Å². The first-order chi connectivity index (χ1) is 7.36. The van der Waals surface area contributed by atoms with Crippen LogP contribution in [0.2, 0.25) is 0 Å². The van der Waals surface area contributed by atoms with E-state index in [0.29, 0.717) is 10.0 Å². The maximum absolute atomic E-state index is 5.70. The number of alkyl halides is 1. The summed E-state index contributed by atoms with van der Waals surface area (Å²) in [4.78, 5) is 0. The molecule has 2 atom stereocenters. The van der Waals surface area contributed by atoms with Gasteiger partial charge in [-0.15, -0.1) is 0 Å². The monoisotopic (exact) mass is 316 g/mol. The Morgan fingerprint density at radius 3 is 2.80 bits per heavy atom. The molecule has 1 aliphatic rings. The minimum atomic E-state index is 0.509. The van der Waals surface area contributed by atoms with Gasteiger partial charge in [-0.3, -0.25) is 0 Å². The fraction of sp³-hybridized carbons (Fsp3) is 0.538. The normalized spacial score (nSPS) is 22.9. The lowest BCUT2D eigenvalue weighted by Gasteiger charge is -2.16. The van der Waals surface area contributed by atoms with E-state index in [4.69, 9.17) is 4.74 Å². The van der Waals surface area contributed by atoms with Gasteiger partial charge in [-0.2, -0.15) is 0 Å². The second-order valence-corrected chi connectivity index (χ2v) is 5.69. The molecule has 1 aromatic rings. The van der Waals surface area contributed by atoms with Crippen molar-refractivity contribution in [2.45, 2.75) is 35.7 Å². The van der Waals surface area contributed by atoms with Gasteiger partial charge in [0.15, 0.2) is 0 Å². The van der Waals surface area contributed by atoms with Crippen molar-refractivity contribution in [1.29, 1.82) is 0 Å². The molecule has 15 heavy (non-hydrogen) atoms. The van der Waals surface area contributed by atoms with E-state index >= 15 is 0 Å². The van der Waals surface area contributed by atoms with Crippen LogP contribution in [-0.2, 0) is 11.2 Å². The van der Waals surface area contributed by atoms with Crippen LogP contribution in [0.3, 0.4) is 0 Å². The predicted octanol–water partition coefficient (Wildman–Crippen LogP) is 3.60. The summed E-state index contributed by atoms with van der Waals surface area (Å²) in [6.45, 7) is 0.968. The van der Waals surface area contributed by atoms with Crippen molar-refractivity contribution in [3.8, 4) is 0 Å². The second-order valence-electron chi connectivity index (χ2n) is 4.09. The summed E-state index contributed by atoms with van der Waals surface area (Å²) < 4.78 is 6.37. The number of benzene rings is 1. The molecule has 0 bridgehead atoms. The number of rotatable bonds is 4. The summed E-state index contributed by atoms with van der Waals surface area (Å²) in [6.07, 6.45) is 5.41. The van der Waals surface area contributed by atoms with Crippen molar-refractivity contribution >= 4 is 22.6 Å². The van der Waals surface area contributed by atoms with Gasteiger partial charge in [0, 0.05) is 10.5 Å². The summed E-state index contributed by atoms with van der Waals surface area (Å²) >= 11 is 2.55. The first kappa shape index (κ1) is 11.4. The van der Waals surface area contributed by atoms with Crippen molar-refractivity contribution < 1.29 is 4.74 Å². The molecular weight excluding hydrogens is 299 g/mol. The van der Waals surface area contributed by atoms with Crippen LogP contribution in [0.25, 0.3) is 0 Å². The maximum atomic E-state index is 5.70. The van der Waals surface area contributed by atoms with Crippen molar-refractivity contribution in [3.63, 3.8) is 0 Å². The summed E-state index contributed by atoms with van der Waals surface area (Å²) in [6, 6.07) is 10.7. The van der Waals surface area contributed by atoms with E-state index in [1.54, 1.807) is 0 Å². The summed E-state index contributed by atoms with van der Waals surface area (Å²) in [5.41, 5.74) is 1.44. The number of hydrogen-bond donors (Lipinski definition) is 0. The van der Waals surface area contributed by atoms with Crippen molar-refractivity contribution in [2.24, 2.45) is 0 Å². The van der Waals surface area contributed by atoms with E-state index in [-0.39, 0.29) is 0 Å². The van der Waals surface area contributed by atoms with E-state index in [0.717, 1.165) is 6.61 Å². The van der Waals surface area contributed by atoms with Crippen molar-refractivity contribution in [1.82, 2.24) is 0 Å². The van der Waals surface area contributed by atoms with Gasteiger partial charge in [0.2, 0.25) is 0 Å². The molecule has 2 heteroatoms. The van der Waals surface area contributed by atoms with Crippen LogP contribution >= 0.6 is 22.6 Å². The van der Waals surface area contributed by atoms with Gasteiger partial charge in [0.25, 0.3) is 0 Å². The molecule has 1 fully saturated rings. The van der Waals surface area contributed by atoms with E-state index in [2.05, 4.69) is 52.9 Å². The lowest BCUT2D eigenvalue weighted by molar-refractivity contribution is 0.110. The molecule has 0 amide bonds. The molecule has 0 radical (unpaired) electrons. The smallest absolute Gasteiger partial charge is 0.0693 e. The highest BCUT2D eigenvalue weighted by Crippen LogP contribution is 2.24. The largest absolute Gasteiger partial charge is 0.377 e. The molecular formula is C13H17IO. The molecule has 2 unspecified atom stereocenters. The van der Waals surface area contributed by atoms with Crippen LogP contribution < -0.4 is 0 Å². The molecule has 0 aromatic heterocycles. The Morgan fingerprint density at radius 1 is 1.33 bits per heavy atom. The first-order valence-corrected chi connectivity index (χ1v) is 6.90. The SMILES string of the molecule is IC(CCc1ccccc1)C1CCCO1. The molecule has 1 aromatic carbocycles. The predicted molar refractivity (Wildman–Crippen MR) is 71.5 cm³/mol. The standard InChI is InChI=1S/C13H17IO/c14-12(13-7-4-10-15-13)9-8-11-5-2-1-3-6-11/h1-3,5-6,12-13H,4,7-10H2. The Bertz CT molecular complexity index is 280. The minimum Gasteiger partial charge on any atom is -0.377 e. The Balaban J connectivity index is 1.77. The topological polar surface area (TPSA) is 9.23 Å². The van der Waals surface area contributed by atoms with Crippen LogP contribution in [0.15, 0.2) is 30.3 Å². The Hall–Kier alpha value is -0.0900. The van der Waals surface area contributed by atoms with Crippen LogP contribution in [0, 0.1) is 0 Å². The third-order valence-corrected chi connectivity index (χ3v) is 4.34. The number of ether oxygens (including phenoxy) is 1. The van der Waals surface area contributed by atoms with Crippen LogP contribution in [-0.4, -0.2) is 16.6 Å². The molecule has 1 saturated heterocycles. The summed E-state index contributed by atoms with van der Waals surface area (Å²) in [5, 5.41) is 0. The van der Waals surface area contributed by atoms with Gasteiger partial charge in [-0.25, -0.2) is 0 Å². The number of aryl methyl sites for hydroxylation is 1. The van der Waals surface area contributed by atoms with E-state index in [9.17, 15) is 0 Å². The van der Waals surface area contributed by atoms with Gasteiger partial charge in [0.1, 0.15) is 0 Å². The molecule has 0 N–H and O–H groups in total. The first-order valence-electron chi connectivity index (χ1n) is 5.66. The van der Waals surface area contributed by atoms with Crippen molar-refractivity contribution in [2.75, 3.05) is 6.61 Å². The van der Waals surface area contributed by atoms with Crippen LogP contribution in [0.5, 0.6) is 0 Å². The van der Waals surface area contributed by atoms with Crippen molar-refractivity contribution in [3.05, 3.63) is 35.9 Å². The lowest BCUT2D eigenvalue weighted by atomic mass is 10.0. The fourth-order valence-corrected chi connectivity index (χ4v) is 2.90. The number of hydrogen-bond acceptors (Lipinski definition) is 1. The zero-order chi connectivity index (χ0) is 10.5. The van der Waals surface area contributed by atoms with E-state index in [1.165, 1.54) is 31.2 Å². The molecule has 1 heterocycles. The third kappa shape index (κ3) is 3.45. The van der Waals surface area contributed by atoms with Crippen LogP contribution in [0.4, 0.5) is 0 Å². The van der Waals surface area contributed by atoms with E-state index in [1.807, 2.05) is 0 Å². The molecule has 0 spiro atoms. The van der Waals surface area contributed by atoms with E-state index < -0.39 is 0 Å². The van der Waals surface area contributed by atoms with Crippen LogP contribution in [0.1, 0.15) is 24.8 Å². The molecule has 1 nitrogen and oxygen atoms in total. The quantitative estimate of drug-likeness (QED) is 0.609. The van der Waals surface area contributed by atoms with Gasteiger partial charge in [-0.1, -0.05) is 52.9 Å². The zero-order valence-corrected chi connectivity index (χ0v) is 11.0. The van der Waals surface area contributed by atoms with Gasteiger partial charge < -0.3 is 4.74 Å². The molecule has 82 valence electrons.